The monoisotopic (exact) mass is 383 g/mol. The van der Waals surface area contributed by atoms with Gasteiger partial charge in [-0.25, -0.2) is 9.78 Å². The van der Waals surface area contributed by atoms with Gasteiger partial charge in [-0.05, 0) is 31.2 Å². The topological polar surface area (TPSA) is 48.4 Å². The van der Waals surface area contributed by atoms with Crippen molar-refractivity contribution in [3.63, 3.8) is 0 Å². The van der Waals surface area contributed by atoms with Crippen molar-refractivity contribution in [2.24, 2.45) is 0 Å². The first kappa shape index (κ1) is 18.7. The molecule has 0 bridgehead atoms. The summed E-state index contributed by atoms with van der Waals surface area (Å²) in [6.45, 7) is 2.13. The summed E-state index contributed by atoms with van der Waals surface area (Å²) >= 11 is 0. The molecule has 0 atom stereocenters. The Kier molecular flexibility index (Phi) is 5.25. The standard InChI is InChI=1S/C25H21NO3/c1-17-12-13-24(28-2)19(14-17)16-29-25(27)21-15-23(18-8-4-3-5-9-18)26-22-11-7-6-10-20(21)22/h3-15H,16H2,1-2H3. The maximum absolute atomic E-state index is 13.0. The highest BCUT2D eigenvalue weighted by atomic mass is 16.5. The summed E-state index contributed by atoms with van der Waals surface area (Å²) in [5.74, 6) is 0.317. The van der Waals surface area contributed by atoms with Crippen molar-refractivity contribution < 1.29 is 14.3 Å². The van der Waals surface area contributed by atoms with E-state index in [1.165, 1.54) is 0 Å². The summed E-state index contributed by atoms with van der Waals surface area (Å²) in [6.07, 6.45) is 0. The van der Waals surface area contributed by atoms with Crippen LogP contribution in [0.5, 0.6) is 5.75 Å². The van der Waals surface area contributed by atoms with Gasteiger partial charge in [0.2, 0.25) is 0 Å². The van der Waals surface area contributed by atoms with Crippen LogP contribution in [0.1, 0.15) is 21.5 Å². The van der Waals surface area contributed by atoms with E-state index in [0.29, 0.717) is 11.3 Å². The van der Waals surface area contributed by atoms with Gasteiger partial charge in [-0.3, -0.25) is 0 Å². The molecule has 0 amide bonds. The van der Waals surface area contributed by atoms with Crippen molar-refractivity contribution >= 4 is 16.9 Å². The van der Waals surface area contributed by atoms with Crippen LogP contribution in [-0.4, -0.2) is 18.1 Å². The average molecular weight is 383 g/mol. The maximum Gasteiger partial charge on any atom is 0.339 e. The van der Waals surface area contributed by atoms with Crippen molar-refractivity contribution in [3.8, 4) is 17.0 Å². The normalized spacial score (nSPS) is 10.7. The number of aryl methyl sites for hydroxylation is 1. The lowest BCUT2D eigenvalue weighted by Gasteiger charge is -2.12. The molecule has 0 fully saturated rings. The number of hydrogen-bond donors (Lipinski definition) is 0. The lowest BCUT2D eigenvalue weighted by Crippen LogP contribution is -2.08. The van der Waals surface area contributed by atoms with Gasteiger partial charge < -0.3 is 9.47 Å². The summed E-state index contributed by atoms with van der Waals surface area (Å²) in [5, 5.41) is 0.772. The molecule has 4 rings (SSSR count). The summed E-state index contributed by atoms with van der Waals surface area (Å²) in [6, 6.07) is 25.0. The minimum absolute atomic E-state index is 0.140. The number of benzene rings is 3. The van der Waals surface area contributed by atoms with Gasteiger partial charge in [0.1, 0.15) is 12.4 Å². The molecule has 0 unspecified atom stereocenters. The lowest BCUT2D eigenvalue weighted by molar-refractivity contribution is 0.0472. The third-order valence-corrected chi connectivity index (χ3v) is 4.80. The molecule has 0 N–H and O–H groups in total. The first-order valence-electron chi connectivity index (χ1n) is 9.41. The summed E-state index contributed by atoms with van der Waals surface area (Å²) < 4.78 is 11.0. The number of nitrogens with zero attached hydrogens (tertiary/aromatic N) is 1. The van der Waals surface area contributed by atoms with E-state index in [0.717, 1.165) is 33.3 Å². The van der Waals surface area contributed by atoms with E-state index in [9.17, 15) is 4.79 Å². The molecule has 4 nitrogen and oxygen atoms in total. The quantitative estimate of drug-likeness (QED) is 0.422. The maximum atomic E-state index is 13.0. The van der Waals surface area contributed by atoms with Crippen LogP contribution in [0, 0.1) is 6.92 Å². The summed E-state index contributed by atoms with van der Waals surface area (Å²) in [4.78, 5) is 17.7. The van der Waals surface area contributed by atoms with Crippen LogP contribution in [0.2, 0.25) is 0 Å². The molecule has 0 aliphatic carbocycles. The second-order valence-corrected chi connectivity index (χ2v) is 6.83. The molecule has 4 heteroatoms. The van der Waals surface area contributed by atoms with Crippen molar-refractivity contribution in [2.75, 3.05) is 7.11 Å². The minimum atomic E-state index is -0.385. The largest absolute Gasteiger partial charge is 0.496 e. The van der Waals surface area contributed by atoms with Crippen LogP contribution in [0.4, 0.5) is 0 Å². The molecule has 1 aromatic heterocycles. The fourth-order valence-electron chi connectivity index (χ4n) is 3.34. The first-order chi connectivity index (χ1) is 14.2. The molecule has 0 spiro atoms. The SMILES string of the molecule is COc1ccc(C)cc1COC(=O)c1cc(-c2ccccc2)nc2ccccc12. The smallest absolute Gasteiger partial charge is 0.339 e. The minimum Gasteiger partial charge on any atom is -0.496 e. The van der Waals surface area contributed by atoms with E-state index in [1.807, 2.05) is 79.7 Å². The van der Waals surface area contributed by atoms with Crippen molar-refractivity contribution in [3.05, 3.63) is 95.6 Å². The number of rotatable bonds is 5. The third kappa shape index (κ3) is 3.97. The second kappa shape index (κ2) is 8.15. The molecule has 4 aromatic rings. The van der Waals surface area contributed by atoms with E-state index in [1.54, 1.807) is 13.2 Å². The van der Waals surface area contributed by atoms with Crippen molar-refractivity contribution in [2.45, 2.75) is 13.5 Å². The Labute approximate surface area is 169 Å². The van der Waals surface area contributed by atoms with Crippen LogP contribution in [0.15, 0.2) is 78.9 Å². The molecular weight excluding hydrogens is 362 g/mol. The molecule has 1 heterocycles. The van der Waals surface area contributed by atoms with E-state index >= 15 is 0 Å². The number of para-hydroxylation sites is 1. The number of esters is 1. The van der Waals surface area contributed by atoms with Crippen molar-refractivity contribution in [1.29, 1.82) is 0 Å². The molecular formula is C25H21NO3. The summed E-state index contributed by atoms with van der Waals surface area (Å²) in [7, 11) is 1.61. The zero-order valence-electron chi connectivity index (χ0n) is 16.4. The van der Waals surface area contributed by atoms with Crippen LogP contribution < -0.4 is 4.74 Å². The molecule has 0 radical (unpaired) electrons. The van der Waals surface area contributed by atoms with Gasteiger partial charge in [0.25, 0.3) is 0 Å². The molecule has 0 saturated carbocycles. The van der Waals surface area contributed by atoms with Gasteiger partial charge >= 0.3 is 5.97 Å². The number of methoxy groups -OCH3 is 1. The number of fused-ring (bicyclic) bond motifs is 1. The molecule has 29 heavy (non-hydrogen) atoms. The predicted octanol–water partition coefficient (Wildman–Crippen LogP) is 5.58. The van der Waals surface area contributed by atoms with E-state index < -0.39 is 0 Å². The number of pyridine rings is 1. The number of aromatic nitrogens is 1. The highest BCUT2D eigenvalue weighted by molar-refractivity contribution is 6.04. The number of carbonyl (C=O) groups is 1. The van der Waals surface area contributed by atoms with Gasteiger partial charge in [-0.2, -0.15) is 0 Å². The number of carbonyl (C=O) groups excluding carboxylic acids is 1. The van der Waals surface area contributed by atoms with Crippen LogP contribution in [0.25, 0.3) is 22.2 Å². The van der Waals surface area contributed by atoms with Gasteiger partial charge in [0.15, 0.2) is 0 Å². The predicted molar refractivity (Wildman–Crippen MR) is 114 cm³/mol. The van der Waals surface area contributed by atoms with E-state index in [2.05, 4.69) is 0 Å². The van der Waals surface area contributed by atoms with E-state index in [4.69, 9.17) is 14.5 Å². The Hall–Kier alpha value is -3.66. The Morgan fingerprint density at radius 1 is 0.931 bits per heavy atom. The molecule has 0 aliphatic rings. The van der Waals surface area contributed by atoms with Gasteiger partial charge in [-0.15, -0.1) is 0 Å². The molecule has 3 aromatic carbocycles. The van der Waals surface area contributed by atoms with Crippen molar-refractivity contribution in [1.82, 2.24) is 4.98 Å². The molecule has 0 aliphatic heterocycles. The van der Waals surface area contributed by atoms with Crippen LogP contribution in [-0.2, 0) is 11.3 Å². The molecule has 0 saturated heterocycles. The third-order valence-electron chi connectivity index (χ3n) is 4.80. The Bertz CT molecular complexity index is 1170. The average Bonchev–Trinajstić information content (AvgIpc) is 2.77. The van der Waals surface area contributed by atoms with Crippen LogP contribution >= 0.6 is 0 Å². The second-order valence-electron chi connectivity index (χ2n) is 6.83. The number of ether oxygens (including phenoxy) is 2. The Balaban J connectivity index is 1.69. The zero-order chi connectivity index (χ0) is 20.2. The Morgan fingerprint density at radius 3 is 2.48 bits per heavy atom. The number of hydrogen-bond acceptors (Lipinski definition) is 4. The fraction of sp³-hybridized carbons (Fsp3) is 0.120. The zero-order valence-corrected chi connectivity index (χ0v) is 16.4. The first-order valence-corrected chi connectivity index (χ1v) is 9.41. The Morgan fingerprint density at radius 2 is 1.69 bits per heavy atom. The summed E-state index contributed by atoms with van der Waals surface area (Å²) in [5.41, 5.74) is 4.87. The molecule has 144 valence electrons. The highest BCUT2D eigenvalue weighted by Gasteiger charge is 2.16. The van der Waals surface area contributed by atoms with Gasteiger partial charge in [0.05, 0.1) is 23.9 Å². The van der Waals surface area contributed by atoms with Gasteiger partial charge in [0, 0.05) is 16.5 Å². The van der Waals surface area contributed by atoms with E-state index in [-0.39, 0.29) is 12.6 Å². The highest BCUT2D eigenvalue weighted by Crippen LogP contribution is 2.26. The fourth-order valence-corrected chi connectivity index (χ4v) is 3.34. The lowest BCUT2D eigenvalue weighted by atomic mass is 10.0. The van der Waals surface area contributed by atoms with Crippen LogP contribution in [0.3, 0.4) is 0 Å². The van der Waals surface area contributed by atoms with Gasteiger partial charge in [-0.1, -0.05) is 60.2 Å².